The number of pyridine rings is 1. The number of nitrogens with zero attached hydrogens (tertiary/aromatic N) is 4. The number of piperidine rings is 1. The van der Waals surface area contributed by atoms with Crippen molar-refractivity contribution in [3.05, 3.63) is 58.0 Å². The topological polar surface area (TPSA) is 81.2 Å². The molecule has 1 fully saturated rings. The molecule has 0 spiro atoms. The van der Waals surface area contributed by atoms with Crippen molar-refractivity contribution >= 4 is 16.8 Å². The van der Waals surface area contributed by atoms with E-state index in [-0.39, 0.29) is 23.3 Å². The molecule has 0 unspecified atom stereocenters. The van der Waals surface area contributed by atoms with Gasteiger partial charge in [-0.05, 0) is 18.9 Å². The van der Waals surface area contributed by atoms with Gasteiger partial charge < -0.3 is 14.0 Å². The molecule has 1 amide bonds. The molecule has 28 heavy (non-hydrogen) atoms. The Hall–Kier alpha value is -2.96. The SMILES string of the molecule is CC(C)c1noc(C2CCN(C(=O)c3cc(=O)n(C)c4ccccc34)CC2)n1. The van der Waals surface area contributed by atoms with E-state index in [1.807, 2.05) is 43.0 Å². The molecule has 1 aliphatic rings. The van der Waals surface area contributed by atoms with Gasteiger partial charge in [0.2, 0.25) is 5.89 Å². The summed E-state index contributed by atoms with van der Waals surface area (Å²) in [6.07, 6.45) is 1.54. The van der Waals surface area contributed by atoms with E-state index >= 15 is 0 Å². The van der Waals surface area contributed by atoms with Gasteiger partial charge in [-0.15, -0.1) is 0 Å². The largest absolute Gasteiger partial charge is 0.339 e. The second kappa shape index (κ2) is 7.22. The molecule has 7 nitrogen and oxygen atoms in total. The summed E-state index contributed by atoms with van der Waals surface area (Å²) in [5.74, 6) is 1.69. The predicted octanol–water partition coefficient (Wildman–Crippen LogP) is 3.06. The fourth-order valence-corrected chi connectivity index (χ4v) is 3.74. The molecule has 146 valence electrons. The number of benzene rings is 1. The van der Waals surface area contributed by atoms with Crippen LogP contribution in [0.5, 0.6) is 0 Å². The third kappa shape index (κ3) is 3.21. The van der Waals surface area contributed by atoms with E-state index in [1.54, 1.807) is 11.6 Å². The molecule has 0 bridgehead atoms. The number of hydrogen-bond donors (Lipinski definition) is 0. The molecule has 1 aliphatic heterocycles. The Morgan fingerprint density at radius 1 is 1.21 bits per heavy atom. The highest BCUT2D eigenvalue weighted by atomic mass is 16.5. The van der Waals surface area contributed by atoms with Crippen LogP contribution < -0.4 is 5.56 Å². The Balaban J connectivity index is 1.54. The van der Waals surface area contributed by atoms with Gasteiger partial charge >= 0.3 is 0 Å². The molecule has 1 aromatic carbocycles. The number of carbonyl (C=O) groups excluding carboxylic acids is 1. The Morgan fingerprint density at radius 3 is 2.61 bits per heavy atom. The van der Waals surface area contributed by atoms with Gasteiger partial charge in [-0.1, -0.05) is 37.2 Å². The lowest BCUT2D eigenvalue weighted by atomic mass is 9.96. The first-order valence-corrected chi connectivity index (χ1v) is 9.67. The first-order valence-electron chi connectivity index (χ1n) is 9.67. The second-order valence-electron chi connectivity index (χ2n) is 7.68. The molecular formula is C21H24N4O3. The molecule has 0 N–H and O–H groups in total. The van der Waals surface area contributed by atoms with E-state index in [0.717, 1.165) is 29.6 Å². The lowest BCUT2D eigenvalue weighted by Crippen LogP contribution is -2.38. The standard InChI is InChI=1S/C21H24N4O3/c1-13(2)19-22-20(28-23-19)14-8-10-25(11-9-14)21(27)16-12-18(26)24(3)17-7-5-4-6-15(16)17/h4-7,12-14H,8-11H2,1-3H3. The maximum absolute atomic E-state index is 13.1. The minimum atomic E-state index is -0.177. The summed E-state index contributed by atoms with van der Waals surface area (Å²) in [7, 11) is 1.72. The maximum Gasteiger partial charge on any atom is 0.254 e. The van der Waals surface area contributed by atoms with E-state index in [0.29, 0.717) is 24.5 Å². The van der Waals surface area contributed by atoms with Gasteiger partial charge in [0.1, 0.15) is 0 Å². The Kier molecular flexibility index (Phi) is 4.75. The van der Waals surface area contributed by atoms with Gasteiger partial charge in [-0.25, -0.2) is 0 Å². The summed E-state index contributed by atoms with van der Waals surface area (Å²) in [4.78, 5) is 31.8. The summed E-state index contributed by atoms with van der Waals surface area (Å²) < 4.78 is 6.99. The van der Waals surface area contributed by atoms with Crippen molar-refractivity contribution in [2.45, 2.75) is 38.5 Å². The van der Waals surface area contributed by atoms with Crippen LogP contribution in [0.25, 0.3) is 10.9 Å². The number of carbonyl (C=O) groups is 1. The van der Waals surface area contributed by atoms with Crippen molar-refractivity contribution in [1.82, 2.24) is 19.6 Å². The average Bonchev–Trinajstić information content (AvgIpc) is 3.21. The predicted molar refractivity (Wildman–Crippen MR) is 105 cm³/mol. The van der Waals surface area contributed by atoms with Crippen LogP contribution in [-0.4, -0.2) is 38.6 Å². The highest BCUT2D eigenvalue weighted by Crippen LogP contribution is 2.29. The molecule has 4 rings (SSSR count). The van der Waals surface area contributed by atoms with Gasteiger partial charge in [0, 0.05) is 43.4 Å². The van der Waals surface area contributed by atoms with Gasteiger partial charge in [-0.2, -0.15) is 4.98 Å². The van der Waals surface area contributed by atoms with Crippen LogP contribution in [-0.2, 0) is 7.05 Å². The molecule has 0 saturated carbocycles. The average molecular weight is 380 g/mol. The van der Waals surface area contributed by atoms with E-state index in [2.05, 4.69) is 10.1 Å². The first kappa shape index (κ1) is 18.4. The van der Waals surface area contributed by atoms with Crippen LogP contribution in [0, 0.1) is 0 Å². The summed E-state index contributed by atoms with van der Waals surface area (Å²) >= 11 is 0. The van der Waals surface area contributed by atoms with Crippen LogP contribution >= 0.6 is 0 Å². The van der Waals surface area contributed by atoms with Crippen LogP contribution in [0.2, 0.25) is 0 Å². The van der Waals surface area contributed by atoms with Crippen molar-refractivity contribution in [1.29, 1.82) is 0 Å². The first-order chi connectivity index (χ1) is 13.5. The number of aromatic nitrogens is 3. The molecule has 3 aromatic rings. The fraction of sp³-hybridized carbons (Fsp3) is 0.429. The zero-order valence-electron chi connectivity index (χ0n) is 16.4. The Bertz CT molecular complexity index is 1070. The van der Waals surface area contributed by atoms with E-state index < -0.39 is 0 Å². The summed E-state index contributed by atoms with van der Waals surface area (Å²) in [5.41, 5.74) is 1.06. The van der Waals surface area contributed by atoms with E-state index in [1.165, 1.54) is 6.07 Å². The van der Waals surface area contributed by atoms with Gasteiger partial charge in [0.25, 0.3) is 11.5 Å². The van der Waals surface area contributed by atoms with E-state index in [4.69, 9.17) is 4.52 Å². The normalized spacial score (nSPS) is 15.5. The third-order valence-corrected chi connectivity index (χ3v) is 5.49. The smallest absolute Gasteiger partial charge is 0.254 e. The summed E-state index contributed by atoms with van der Waals surface area (Å²) in [6, 6.07) is 8.96. The highest BCUT2D eigenvalue weighted by molar-refractivity contribution is 6.06. The number of rotatable bonds is 3. The van der Waals surface area contributed by atoms with Crippen LogP contribution in [0.3, 0.4) is 0 Å². The van der Waals surface area contributed by atoms with Gasteiger partial charge in [0.05, 0.1) is 11.1 Å². The molecule has 0 aliphatic carbocycles. The van der Waals surface area contributed by atoms with Crippen molar-refractivity contribution in [2.75, 3.05) is 13.1 Å². The third-order valence-electron chi connectivity index (χ3n) is 5.49. The molecule has 0 radical (unpaired) electrons. The molecule has 7 heteroatoms. The minimum absolute atomic E-state index is 0.0965. The van der Waals surface area contributed by atoms with Crippen LogP contribution in [0.15, 0.2) is 39.6 Å². The Labute approximate surface area is 163 Å². The molecular weight excluding hydrogens is 356 g/mol. The van der Waals surface area contributed by atoms with Crippen molar-refractivity contribution in [3.8, 4) is 0 Å². The lowest BCUT2D eigenvalue weighted by molar-refractivity contribution is 0.0706. The number of likely N-dealkylation sites (tertiary alicyclic amines) is 1. The molecule has 0 atom stereocenters. The minimum Gasteiger partial charge on any atom is -0.339 e. The second-order valence-corrected chi connectivity index (χ2v) is 7.68. The zero-order valence-corrected chi connectivity index (χ0v) is 16.4. The van der Waals surface area contributed by atoms with Crippen LogP contribution in [0.1, 0.15) is 60.6 Å². The monoisotopic (exact) mass is 380 g/mol. The quantitative estimate of drug-likeness (QED) is 0.697. The molecule has 3 heterocycles. The summed E-state index contributed by atoms with van der Waals surface area (Å²) in [6.45, 7) is 5.27. The van der Waals surface area contributed by atoms with Gasteiger partial charge in [-0.3, -0.25) is 9.59 Å². The summed E-state index contributed by atoms with van der Waals surface area (Å²) in [5, 5.41) is 4.84. The van der Waals surface area contributed by atoms with Gasteiger partial charge in [0.15, 0.2) is 5.82 Å². The maximum atomic E-state index is 13.1. The fourth-order valence-electron chi connectivity index (χ4n) is 3.74. The number of fused-ring (bicyclic) bond motifs is 1. The molecule has 1 saturated heterocycles. The zero-order chi connectivity index (χ0) is 19.8. The number of hydrogen-bond acceptors (Lipinski definition) is 5. The highest BCUT2D eigenvalue weighted by Gasteiger charge is 2.29. The number of aryl methyl sites for hydroxylation is 1. The number of amides is 1. The van der Waals surface area contributed by atoms with Crippen LogP contribution in [0.4, 0.5) is 0 Å². The lowest BCUT2D eigenvalue weighted by Gasteiger charge is -2.30. The van der Waals surface area contributed by atoms with Crippen molar-refractivity contribution < 1.29 is 9.32 Å². The Morgan fingerprint density at radius 2 is 1.93 bits per heavy atom. The van der Waals surface area contributed by atoms with Crippen molar-refractivity contribution in [3.63, 3.8) is 0 Å². The molecule has 2 aromatic heterocycles. The number of para-hydroxylation sites is 1. The van der Waals surface area contributed by atoms with Crippen molar-refractivity contribution in [2.24, 2.45) is 7.05 Å². The van der Waals surface area contributed by atoms with E-state index in [9.17, 15) is 9.59 Å².